The van der Waals surface area contributed by atoms with Crippen LogP contribution in [0.3, 0.4) is 0 Å². The van der Waals surface area contributed by atoms with Gasteiger partial charge in [0.15, 0.2) is 5.76 Å². The third kappa shape index (κ3) is 3.23. The molecule has 3 aromatic rings. The predicted molar refractivity (Wildman–Crippen MR) is 91.1 cm³/mol. The van der Waals surface area contributed by atoms with Crippen molar-refractivity contribution in [2.45, 2.75) is 6.92 Å². The Morgan fingerprint density at radius 3 is 2.48 bits per heavy atom. The first-order valence-corrected chi connectivity index (χ1v) is 7.60. The number of rotatable bonds is 3. The first-order valence-electron chi connectivity index (χ1n) is 6.84. The SMILES string of the molecule is Cc1noc(-c2ccc(Cl)cc2)c1C(=O)Nc1ccccc1Cl. The van der Waals surface area contributed by atoms with E-state index in [-0.39, 0.29) is 5.91 Å². The molecule has 0 aliphatic rings. The lowest BCUT2D eigenvalue weighted by Gasteiger charge is -2.07. The molecular weight excluding hydrogens is 335 g/mol. The van der Waals surface area contributed by atoms with E-state index in [1.54, 1.807) is 55.5 Å². The zero-order chi connectivity index (χ0) is 16.4. The van der Waals surface area contributed by atoms with E-state index in [1.807, 2.05) is 0 Å². The van der Waals surface area contributed by atoms with E-state index in [0.717, 1.165) is 5.56 Å². The number of aryl methyl sites for hydroxylation is 1. The molecule has 0 aliphatic heterocycles. The summed E-state index contributed by atoms with van der Waals surface area (Å²) in [5.74, 6) is 0.0607. The average molecular weight is 347 g/mol. The van der Waals surface area contributed by atoms with Crippen LogP contribution in [0, 0.1) is 6.92 Å². The van der Waals surface area contributed by atoms with Gasteiger partial charge in [-0.25, -0.2) is 0 Å². The van der Waals surface area contributed by atoms with Crippen LogP contribution in [0.2, 0.25) is 10.0 Å². The summed E-state index contributed by atoms with van der Waals surface area (Å²) in [6.07, 6.45) is 0. The summed E-state index contributed by atoms with van der Waals surface area (Å²) in [6.45, 7) is 1.71. The minimum absolute atomic E-state index is 0.332. The Morgan fingerprint density at radius 1 is 1.09 bits per heavy atom. The molecule has 1 N–H and O–H groups in total. The molecule has 0 spiro atoms. The maximum Gasteiger partial charge on any atom is 0.261 e. The van der Waals surface area contributed by atoms with Crippen LogP contribution in [-0.4, -0.2) is 11.1 Å². The van der Waals surface area contributed by atoms with Crippen LogP contribution in [0.15, 0.2) is 53.1 Å². The number of carbonyl (C=O) groups is 1. The van der Waals surface area contributed by atoms with E-state index in [4.69, 9.17) is 27.7 Å². The van der Waals surface area contributed by atoms with Crippen LogP contribution in [-0.2, 0) is 0 Å². The lowest BCUT2D eigenvalue weighted by atomic mass is 10.1. The van der Waals surface area contributed by atoms with Crippen LogP contribution >= 0.6 is 23.2 Å². The molecule has 0 fully saturated rings. The summed E-state index contributed by atoms with van der Waals surface area (Å²) < 4.78 is 5.32. The van der Waals surface area contributed by atoms with Gasteiger partial charge in [0.25, 0.3) is 5.91 Å². The van der Waals surface area contributed by atoms with Crippen molar-refractivity contribution in [3.8, 4) is 11.3 Å². The fourth-order valence-corrected chi connectivity index (χ4v) is 2.49. The molecule has 1 heterocycles. The molecule has 4 nitrogen and oxygen atoms in total. The van der Waals surface area contributed by atoms with Gasteiger partial charge in [-0.3, -0.25) is 4.79 Å². The number of hydrogen-bond acceptors (Lipinski definition) is 3. The van der Waals surface area contributed by atoms with Crippen LogP contribution in [0.5, 0.6) is 0 Å². The fourth-order valence-electron chi connectivity index (χ4n) is 2.18. The standard InChI is InChI=1S/C17H12Cl2N2O2/c1-10-15(17(22)20-14-5-3-2-4-13(14)19)16(23-21-10)11-6-8-12(18)9-7-11/h2-9H,1H3,(H,20,22). The van der Waals surface area contributed by atoms with Gasteiger partial charge >= 0.3 is 0 Å². The molecular formula is C17H12Cl2N2O2. The molecule has 0 bridgehead atoms. The number of hydrogen-bond donors (Lipinski definition) is 1. The summed E-state index contributed by atoms with van der Waals surface area (Å²) in [4.78, 5) is 12.6. The molecule has 116 valence electrons. The second-order valence-electron chi connectivity index (χ2n) is 4.91. The van der Waals surface area contributed by atoms with E-state index in [0.29, 0.717) is 32.8 Å². The molecule has 1 amide bonds. The maximum atomic E-state index is 12.6. The molecule has 0 saturated heterocycles. The third-order valence-electron chi connectivity index (χ3n) is 3.32. The zero-order valence-electron chi connectivity index (χ0n) is 12.1. The van der Waals surface area contributed by atoms with E-state index in [9.17, 15) is 4.79 Å². The molecule has 0 radical (unpaired) electrons. The second kappa shape index (κ2) is 6.44. The van der Waals surface area contributed by atoms with Crippen molar-refractivity contribution >= 4 is 34.8 Å². The second-order valence-corrected chi connectivity index (χ2v) is 5.76. The van der Waals surface area contributed by atoms with Gasteiger partial charge in [0.1, 0.15) is 5.56 Å². The van der Waals surface area contributed by atoms with Crippen molar-refractivity contribution in [1.82, 2.24) is 5.16 Å². The number of nitrogens with zero attached hydrogens (tertiary/aromatic N) is 1. The van der Waals surface area contributed by atoms with Crippen LogP contribution in [0.1, 0.15) is 16.1 Å². The largest absolute Gasteiger partial charge is 0.355 e. The predicted octanol–water partition coefficient (Wildman–Crippen LogP) is 5.21. The van der Waals surface area contributed by atoms with Crippen molar-refractivity contribution < 1.29 is 9.32 Å². The number of amides is 1. The topological polar surface area (TPSA) is 55.1 Å². The minimum Gasteiger partial charge on any atom is -0.355 e. The zero-order valence-corrected chi connectivity index (χ0v) is 13.7. The molecule has 0 atom stereocenters. The summed E-state index contributed by atoms with van der Waals surface area (Å²) >= 11 is 12.0. The first kappa shape index (κ1) is 15.6. The quantitative estimate of drug-likeness (QED) is 0.708. The molecule has 6 heteroatoms. The van der Waals surface area contributed by atoms with Gasteiger partial charge in [-0.1, -0.05) is 40.5 Å². The monoisotopic (exact) mass is 346 g/mol. The Bertz CT molecular complexity index is 857. The van der Waals surface area contributed by atoms with Gasteiger partial charge in [0.2, 0.25) is 0 Å². The summed E-state index contributed by atoms with van der Waals surface area (Å²) in [5, 5.41) is 7.74. The highest BCUT2D eigenvalue weighted by Crippen LogP contribution is 2.29. The van der Waals surface area contributed by atoms with Gasteiger partial charge < -0.3 is 9.84 Å². The lowest BCUT2D eigenvalue weighted by Crippen LogP contribution is -2.13. The van der Waals surface area contributed by atoms with Gasteiger partial charge in [-0.2, -0.15) is 0 Å². The van der Waals surface area contributed by atoms with Gasteiger partial charge in [0.05, 0.1) is 16.4 Å². The van der Waals surface area contributed by atoms with Crippen LogP contribution in [0.25, 0.3) is 11.3 Å². The van der Waals surface area contributed by atoms with Crippen molar-refractivity contribution in [3.05, 3.63) is 69.8 Å². The third-order valence-corrected chi connectivity index (χ3v) is 3.90. The Kier molecular flexibility index (Phi) is 4.37. The fraction of sp³-hybridized carbons (Fsp3) is 0.0588. The molecule has 3 rings (SSSR count). The number of anilines is 1. The lowest BCUT2D eigenvalue weighted by molar-refractivity contribution is 0.102. The number of aromatic nitrogens is 1. The molecule has 0 unspecified atom stereocenters. The van der Waals surface area contributed by atoms with Crippen LogP contribution < -0.4 is 5.32 Å². The van der Waals surface area contributed by atoms with Crippen molar-refractivity contribution in [2.75, 3.05) is 5.32 Å². The Hall–Kier alpha value is -2.30. The average Bonchev–Trinajstić information content (AvgIpc) is 2.92. The van der Waals surface area contributed by atoms with Crippen molar-refractivity contribution in [2.24, 2.45) is 0 Å². The Balaban J connectivity index is 1.97. The number of benzene rings is 2. The van der Waals surface area contributed by atoms with Crippen LogP contribution in [0.4, 0.5) is 5.69 Å². The van der Waals surface area contributed by atoms with Crippen molar-refractivity contribution in [3.63, 3.8) is 0 Å². The van der Waals surface area contributed by atoms with E-state index in [2.05, 4.69) is 10.5 Å². The highest BCUT2D eigenvalue weighted by atomic mass is 35.5. The molecule has 23 heavy (non-hydrogen) atoms. The summed E-state index contributed by atoms with van der Waals surface area (Å²) in [7, 11) is 0. The van der Waals surface area contributed by atoms with Gasteiger partial charge in [0, 0.05) is 10.6 Å². The molecule has 1 aromatic heterocycles. The minimum atomic E-state index is -0.332. The molecule has 2 aromatic carbocycles. The number of carbonyl (C=O) groups excluding carboxylic acids is 1. The summed E-state index contributed by atoms with van der Waals surface area (Å²) in [5.41, 5.74) is 2.12. The normalized spacial score (nSPS) is 10.6. The van der Waals surface area contributed by atoms with E-state index >= 15 is 0 Å². The highest BCUT2D eigenvalue weighted by Gasteiger charge is 2.22. The molecule has 0 saturated carbocycles. The maximum absolute atomic E-state index is 12.6. The van der Waals surface area contributed by atoms with E-state index < -0.39 is 0 Å². The number of nitrogens with one attached hydrogen (secondary N) is 1. The van der Waals surface area contributed by atoms with Crippen molar-refractivity contribution in [1.29, 1.82) is 0 Å². The van der Waals surface area contributed by atoms with Gasteiger partial charge in [-0.15, -0.1) is 0 Å². The molecule has 0 aliphatic carbocycles. The van der Waals surface area contributed by atoms with Gasteiger partial charge in [-0.05, 0) is 43.3 Å². The van der Waals surface area contributed by atoms with E-state index in [1.165, 1.54) is 0 Å². The number of para-hydroxylation sites is 1. The highest BCUT2D eigenvalue weighted by molar-refractivity contribution is 6.34. The summed E-state index contributed by atoms with van der Waals surface area (Å²) in [6, 6.07) is 14.0. The smallest absolute Gasteiger partial charge is 0.261 e. The number of halogens is 2. The first-order chi connectivity index (χ1) is 11.1. The Morgan fingerprint density at radius 2 is 1.78 bits per heavy atom. The Labute approximate surface area is 143 Å².